The molecule has 3 rings (SSSR count). The molecule has 0 aliphatic carbocycles. The summed E-state index contributed by atoms with van der Waals surface area (Å²) in [4.78, 5) is 6.48. The molecule has 0 bridgehead atoms. The molecule has 0 aromatic carbocycles. The first-order chi connectivity index (χ1) is 6.30. The van der Waals surface area contributed by atoms with Crippen LogP contribution in [-0.2, 0) is 5.41 Å². The highest BCUT2D eigenvalue weighted by Gasteiger charge is 2.46. The molecule has 0 saturated carbocycles. The summed E-state index contributed by atoms with van der Waals surface area (Å²) >= 11 is 0. The summed E-state index contributed by atoms with van der Waals surface area (Å²) in [6, 6.07) is 2.16. The van der Waals surface area contributed by atoms with Gasteiger partial charge in [0.1, 0.15) is 0 Å². The van der Waals surface area contributed by atoms with Crippen molar-refractivity contribution < 1.29 is 0 Å². The Hall–Kier alpha value is -1.09. The second-order valence-corrected chi connectivity index (χ2v) is 4.23. The topological polar surface area (TPSA) is 28.2 Å². The molecule has 68 valence electrons. The van der Waals surface area contributed by atoms with Crippen molar-refractivity contribution in [2.24, 2.45) is 0 Å². The van der Waals surface area contributed by atoms with Crippen molar-refractivity contribution in [2.75, 3.05) is 32.0 Å². The fourth-order valence-corrected chi connectivity index (χ4v) is 2.63. The van der Waals surface area contributed by atoms with Gasteiger partial charge in [0.05, 0.1) is 11.9 Å². The first kappa shape index (κ1) is 7.33. The van der Waals surface area contributed by atoms with Gasteiger partial charge in [-0.2, -0.15) is 0 Å². The van der Waals surface area contributed by atoms with Crippen LogP contribution in [0.1, 0.15) is 5.56 Å². The molecule has 1 spiro atoms. The number of aromatic nitrogens is 1. The Morgan fingerprint density at radius 1 is 1.54 bits per heavy atom. The highest BCUT2D eigenvalue weighted by atomic mass is 15.2. The van der Waals surface area contributed by atoms with Crippen molar-refractivity contribution in [3.63, 3.8) is 0 Å². The smallest absolute Gasteiger partial charge is 0.0566 e. The quantitative estimate of drug-likeness (QED) is 0.629. The first-order valence-corrected chi connectivity index (χ1v) is 4.67. The molecule has 3 nitrogen and oxygen atoms in total. The van der Waals surface area contributed by atoms with Crippen LogP contribution in [0.25, 0.3) is 0 Å². The van der Waals surface area contributed by atoms with E-state index in [1.54, 1.807) is 0 Å². The third-order valence-corrected chi connectivity index (χ3v) is 3.15. The molecule has 1 aromatic heterocycles. The molecule has 2 aliphatic rings. The van der Waals surface area contributed by atoms with E-state index >= 15 is 0 Å². The van der Waals surface area contributed by atoms with E-state index in [0.717, 1.165) is 6.54 Å². The lowest BCUT2D eigenvalue weighted by molar-refractivity contribution is 0.109. The number of likely N-dealkylation sites (N-methyl/N-ethyl adjacent to an activating group) is 1. The van der Waals surface area contributed by atoms with Crippen LogP contribution in [0.15, 0.2) is 18.5 Å². The maximum Gasteiger partial charge on any atom is 0.0566 e. The lowest BCUT2D eigenvalue weighted by Gasteiger charge is -2.46. The summed E-state index contributed by atoms with van der Waals surface area (Å²) in [6.07, 6.45) is 3.83. The van der Waals surface area contributed by atoms with E-state index < -0.39 is 0 Å². The lowest BCUT2D eigenvalue weighted by Crippen LogP contribution is -2.58. The monoisotopic (exact) mass is 175 g/mol. The van der Waals surface area contributed by atoms with Crippen molar-refractivity contribution in [3.05, 3.63) is 24.0 Å². The molecule has 1 saturated heterocycles. The van der Waals surface area contributed by atoms with Crippen LogP contribution >= 0.6 is 0 Å². The van der Waals surface area contributed by atoms with Gasteiger partial charge < -0.3 is 10.2 Å². The Morgan fingerprint density at radius 2 is 2.38 bits per heavy atom. The van der Waals surface area contributed by atoms with Crippen molar-refractivity contribution in [3.8, 4) is 0 Å². The average Bonchev–Trinajstić information content (AvgIpc) is 2.45. The van der Waals surface area contributed by atoms with Gasteiger partial charge in [-0.1, -0.05) is 0 Å². The van der Waals surface area contributed by atoms with Crippen molar-refractivity contribution >= 4 is 5.69 Å². The number of hydrogen-bond donors (Lipinski definition) is 1. The number of likely N-dealkylation sites (tertiary alicyclic amines) is 1. The van der Waals surface area contributed by atoms with Crippen LogP contribution in [0.4, 0.5) is 5.69 Å². The molecule has 1 fully saturated rings. The van der Waals surface area contributed by atoms with Crippen LogP contribution in [0.3, 0.4) is 0 Å². The molecule has 0 unspecified atom stereocenters. The zero-order valence-corrected chi connectivity index (χ0v) is 7.75. The number of pyridine rings is 1. The highest BCUT2D eigenvalue weighted by Crippen LogP contribution is 2.41. The lowest BCUT2D eigenvalue weighted by atomic mass is 9.76. The first-order valence-electron chi connectivity index (χ1n) is 4.67. The number of rotatable bonds is 0. The van der Waals surface area contributed by atoms with E-state index in [1.165, 1.54) is 24.3 Å². The standard InChI is InChI=1S/C10H13N3/c1-13-6-10(7-13)5-12-9-4-11-3-2-8(9)10/h2-4,12H,5-7H2,1H3. The predicted molar refractivity (Wildman–Crippen MR) is 51.9 cm³/mol. The van der Waals surface area contributed by atoms with Gasteiger partial charge in [0, 0.05) is 31.2 Å². The molecule has 0 amide bonds. The van der Waals surface area contributed by atoms with Gasteiger partial charge in [-0.15, -0.1) is 0 Å². The van der Waals surface area contributed by atoms with E-state index in [0.29, 0.717) is 5.41 Å². The minimum atomic E-state index is 0.396. The number of fused-ring (bicyclic) bond motifs is 2. The second-order valence-electron chi connectivity index (χ2n) is 4.23. The summed E-state index contributed by atoms with van der Waals surface area (Å²) < 4.78 is 0. The number of nitrogens with zero attached hydrogens (tertiary/aromatic N) is 2. The van der Waals surface area contributed by atoms with Crippen LogP contribution in [-0.4, -0.2) is 36.6 Å². The maximum absolute atomic E-state index is 4.12. The molecule has 2 aliphatic heterocycles. The predicted octanol–water partition coefficient (Wildman–Crippen LogP) is 0.690. The van der Waals surface area contributed by atoms with Crippen LogP contribution < -0.4 is 5.32 Å². The molecule has 0 atom stereocenters. The molecular weight excluding hydrogens is 162 g/mol. The molecular formula is C10H13N3. The Labute approximate surface area is 77.8 Å². The number of hydrogen-bond acceptors (Lipinski definition) is 3. The Bertz CT molecular complexity index is 336. The molecule has 0 radical (unpaired) electrons. The van der Waals surface area contributed by atoms with Crippen LogP contribution in [0.5, 0.6) is 0 Å². The van der Waals surface area contributed by atoms with Crippen molar-refractivity contribution in [2.45, 2.75) is 5.41 Å². The summed E-state index contributed by atoms with van der Waals surface area (Å²) in [5.41, 5.74) is 3.09. The number of anilines is 1. The van der Waals surface area contributed by atoms with Gasteiger partial charge in [-0.25, -0.2) is 0 Å². The van der Waals surface area contributed by atoms with E-state index in [9.17, 15) is 0 Å². The van der Waals surface area contributed by atoms with Gasteiger partial charge in [0.15, 0.2) is 0 Å². The maximum atomic E-state index is 4.12. The Balaban J connectivity index is 2.04. The molecule has 3 heterocycles. The fourth-order valence-electron chi connectivity index (χ4n) is 2.63. The zero-order chi connectivity index (χ0) is 8.89. The largest absolute Gasteiger partial charge is 0.383 e. The van der Waals surface area contributed by atoms with Crippen molar-refractivity contribution in [1.29, 1.82) is 0 Å². The van der Waals surface area contributed by atoms with Gasteiger partial charge in [0.25, 0.3) is 0 Å². The van der Waals surface area contributed by atoms with Gasteiger partial charge in [0.2, 0.25) is 0 Å². The third kappa shape index (κ3) is 0.851. The summed E-state index contributed by atoms with van der Waals surface area (Å²) in [6.45, 7) is 3.44. The molecule has 3 heteroatoms. The van der Waals surface area contributed by atoms with Gasteiger partial charge in [-0.3, -0.25) is 4.98 Å². The third-order valence-electron chi connectivity index (χ3n) is 3.15. The summed E-state index contributed by atoms with van der Waals surface area (Å²) in [5.74, 6) is 0. The number of nitrogens with one attached hydrogen (secondary N) is 1. The van der Waals surface area contributed by atoms with E-state index in [4.69, 9.17) is 0 Å². The van der Waals surface area contributed by atoms with Gasteiger partial charge >= 0.3 is 0 Å². The molecule has 1 aromatic rings. The minimum Gasteiger partial charge on any atom is -0.383 e. The highest BCUT2D eigenvalue weighted by molar-refractivity contribution is 5.60. The fraction of sp³-hybridized carbons (Fsp3) is 0.500. The second kappa shape index (κ2) is 2.23. The van der Waals surface area contributed by atoms with Crippen molar-refractivity contribution in [1.82, 2.24) is 9.88 Å². The summed E-state index contributed by atoms with van der Waals surface area (Å²) in [7, 11) is 2.17. The van der Waals surface area contributed by atoms with E-state index in [-0.39, 0.29) is 0 Å². The van der Waals surface area contributed by atoms with Crippen LogP contribution in [0, 0.1) is 0 Å². The van der Waals surface area contributed by atoms with Gasteiger partial charge in [-0.05, 0) is 18.7 Å². The Morgan fingerprint density at radius 3 is 3.15 bits per heavy atom. The van der Waals surface area contributed by atoms with E-state index in [2.05, 4.69) is 28.3 Å². The summed E-state index contributed by atoms with van der Waals surface area (Å²) in [5, 5.41) is 3.42. The minimum absolute atomic E-state index is 0.396. The van der Waals surface area contributed by atoms with E-state index in [1.807, 2.05) is 12.4 Å². The average molecular weight is 175 g/mol. The Kier molecular flexibility index (Phi) is 1.26. The van der Waals surface area contributed by atoms with Crippen LogP contribution in [0.2, 0.25) is 0 Å². The normalized spacial score (nSPS) is 23.8. The molecule has 13 heavy (non-hydrogen) atoms. The SMILES string of the molecule is CN1CC2(CNc3cnccc32)C1. The molecule has 1 N–H and O–H groups in total. The zero-order valence-electron chi connectivity index (χ0n) is 7.75.